The molecule has 6 heteroatoms. The summed E-state index contributed by atoms with van der Waals surface area (Å²) in [5.74, 6) is 1.40. The average molecular weight is 318 g/mol. The Bertz CT molecular complexity index is 610. The maximum atomic E-state index is 12.4. The van der Waals surface area contributed by atoms with Gasteiger partial charge < -0.3 is 24.5 Å². The molecule has 2 atom stereocenters. The normalized spacial score (nSPS) is 13.2. The zero-order valence-corrected chi connectivity index (χ0v) is 13.5. The molecule has 6 nitrogen and oxygen atoms in total. The van der Waals surface area contributed by atoms with Gasteiger partial charge in [-0.05, 0) is 36.8 Å². The average Bonchev–Trinajstić information content (AvgIpc) is 3.10. The van der Waals surface area contributed by atoms with Crippen molar-refractivity contribution in [3.05, 3.63) is 54.0 Å². The first-order valence-electron chi connectivity index (χ1n) is 7.38. The van der Waals surface area contributed by atoms with Crippen molar-refractivity contribution in [2.75, 3.05) is 20.8 Å². The van der Waals surface area contributed by atoms with Gasteiger partial charge in [0.05, 0.1) is 32.1 Å². The molecule has 2 aromatic rings. The molecule has 2 N–H and O–H groups in total. The lowest BCUT2D eigenvalue weighted by molar-refractivity contribution is 0.147. The molecule has 2 rings (SSSR count). The number of hydrogen-bond acceptors (Lipinski definition) is 4. The van der Waals surface area contributed by atoms with Crippen LogP contribution in [0.5, 0.6) is 5.75 Å². The number of hydrogen-bond donors (Lipinski definition) is 2. The summed E-state index contributed by atoms with van der Waals surface area (Å²) in [7, 11) is 3.24. The van der Waals surface area contributed by atoms with E-state index < -0.39 is 6.04 Å². The maximum absolute atomic E-state index is 12.4. The van der Waals surface area contributed by atoms with E-state index in [9.17, 15) is 9.90 Å². The number of carbonyl (C=O) groups excluding carboxylic acids is 1. The van der Waals surface area contributed by atoms with E-state index in [-0.39, 0.29) is 18.7 Å². The summed E-state index contributed by atoms with van der Waals surface area (Å²) in [4.78, 5) is 13.9. The van der Waals surface area contributed by atoms with Crippen molar-refractivity contribution in [1.82, 2.24) is 10.2 Å². The number of rotatable bonds is 6. The van der Waals surface area contributed by atoms with Crippen LogP contribution in [0.3, 0.4) is 0 Å². The second kappa shape index (κ2) is 7.69. The lowest BCUT2D eigenvalue weighted by Crippen LogP contribution is -2.41. The van der Waals surface area contributed by atoms with E-state index in [1.54, 1.807) is 44.7 Å². The molecular weight excluding hydrogens is 296 g/mol. The Morgan fingerprint density at radius 3 is 2.57 bits per heavy atom. The van der Waals surface area contributed by atoms with Crippen LogP contribution in [0.25, 0.3) is 0 Å². The molecular formula is C17H22N2O4. The Morgan fingerprint density at radius 2 is 2.04 bits per heavy atom. The number of amides is 2. The highest BCUT2D eigenvalue weighted by Crippen LogP contribution is 2.22. The third-order valence-electron chi connectivity index (χ3n) is 3.77. The highest BCUT2D eigenvalue weighted by atomic mass is 16.5. The summed E-state index contributed by atoms with van der Waals surface area (Å²) in [6, 6.07) is 9.86. The van der Waals surface area contributed by atoms with Gasteiger partial charge in [-0.3, -0.25) is 0 Å². The summed E-state index contributed by atoms with van der Waals surface area (Å²) in [6.07, 6.45) is 1.57. The second-order valence-electron chi connectivity index (χ2n) is 5.27. The largest absolute Gasteiger partial charge is 0.497 e. The third kappa shape index (κ3) is 4.04. The molecule has 1 aromatic carbocycles. The van der Waals surface area contributed by atoms with Crippen LogP contribution in [0, 0.1) is 0 Å². The number of likely N-dealkylation sites (N-methyl/N-ethyl adjacent to an activating group) is 1. The van der Waals surface area contributed by atoms with Gasteiger partial charge in [-0.25, -0.2) is 4.79 Å². The fraction of sp³-hybridized carbons (Fsp3) is 0.353. The van der Waals surface area contributed by atoms with Gasteiger partial charge in [0.1, 0.15) is 11.5 Å². The maximum Gasteiger partial charge on any atom is 0.318 e. The number of carbonyl (C=O) groups is 1. The molecule has 0 aliphatic carbocycles. The third-order valence-corrected chi connectivity index (χ3v) is 3.77. The fourth-order valence-corrected chi connectivity index (χ4v) is 2.31. The number of nitrogens with one attached hydrogen (secondary N) is 1. The molecule has 1 aromatic heterocycles. The minimum absolute atomic E-state index is 0.175. The van der Waals surface area contributed by atoms with Crippen LogP contribution in [0.15, 0.2) is 47.1 Å². The SMILES string of the molecule is COc1ccc([C@H](CO)N(C)C(=O)N[C@H](C)c2ccco2)cc1. The van der Waals surface area contributed by atoms with Crippen molar-refractivity contribution >= 4 is 6.03 Å². The van der Waals surface area contributed by atoms with E-state index in [2.05, 4.69) is 5.32 Å². The number of methoxy groups -OCH3 is 1. The standard InChI is InChI=1S/C17H22N2O4/c1-12(16-5-4-10-23-16)18-17(21)19(2)15(11-20)13-6-8-14(22-3)9-7-13/h4-10,12,15,20H,11H2,1-3H3,(H,18,21)/t12-,15+/m1/s1. The lowest BCUT2D eigenvalue weighted by atomic mass is 10.1. The summed E-state index contributed by atoms with van der Waals surface area (Å²) in [5.41, 5.74) is 0.830. The highest BCUT2D eigenvalue weighted by molar-refractivity contribution is 5.75. The highest BCUT2D eigenvalue weighted by Gasteiger charge is 2.23. The van der Waals surface area contributed by atoms with Crippen molar-refractivity contribution in [3.63, 3.8) is 0 Å². The summed E-state index contributed by atoms with van der Waals surface area (Å²) >= 11 is 0. The molecule has 0 aliphatic rings. The fourth-order valence-electron chi connectivity index (χ4n) is 2.31. The van der Waals surface area contributed by atoms with Crippen LogP contribution in [-0.2, 0) is 0 Å². The zero-order valence-electron chi connectivity index (χ0n) is 13.5. The first-order valence-corrected chi connectivity index (χ1v) is 7.38. The Labute approximate surface area is 135 Å². The minimum Gasteiger partial charge on any atom is -0.497 e. The Morgan fingerprint density at radius 1 is 1.35 bits per heavy atom. The van der Waals surface area contributed by atoms with E-state index in [1.807, 2.05) is 19.1 Å². The number of nitrogens with zero attached hydrogens (tertiary/aromatic N) is 1. The van der Waals surface area contributed by atoms with Gasteiger partial charge in [-0.2, -0.15) is 0 Å². The van der Waals surface area contributed by atoms with Crippen molar-refractivity contribution in [2.24, 2.45) is 0 Å². The van der Waals surface area contributed by atoms with Crippen molar-refractivity contribution in [2.45, 2.75) is 19.0 Å². The van der Waals surface area contributed by atoms with Gasteiger partial charge in [-0.1, -0.05) is 12.1 Å². The summed E-state index contributed by atoms with van der Waals surface area (Å²) in [5, 5.41) is 12.5. The molecule has 0 unspecified atom stereocenters. The first-order chi connectivity index (χ1) is 11.1. The van der Waals surface area contributed by atoms with Crippen molar-refractivity contribution < 1.29 is 19.1 Å². The number of furan rings is 1. The number of urea groups is 1. The Hall–Kier alpha value is -2.47. The molecule has 0 saturated carbocycles. The van der Waals surface area contributed by atoms with E-state index in [0.29, 0.717) is 5.76 Å². The first kappa shape index (κ1) is 16.9. The molecule has 0 radical (unpaired) electrons. The molecule has 0 spiro atoms. The van der Waals surface area contributed by atoms with Gasteiger partial charge in [0.25, 0.3) is 0 Å². The quantitative estimate of drug-likeness (QED) is 0.859. The van der Waals surface area contributed by atoms with Crippen LogP contribution in [0.2, 0.25) is 0 Å². The van der Waals surface area contributed by atoms with Crippen LogP contribution in [-0.4, -0.2) is 36.8 Å². The number of aliphatic hydroxyl groups excluding tert-OH is 1. The molecule has 2 amide bonds. The van der Waals surface area contributed by atoms with Gasteiger partial charge >= 0.3 is 6.03 Å². The van der Waals surface area contributed by atoms with Crippen molar-refractivity contribution in [1.29, 1.82) is 0 Å². The molecule has 1 heterocycles. The van der Waals surface area contributed by atoms with E-state index in [1.165, 1.54) is 4.90 Å². The van der Waals surface area contributed by atoms with E-state index >= 15 is 0 Å². The lowest BCUT2D eigenvalue weighted by Gasteiger charge is -2.28. The topological polar surface area (TPSA) is 74.9 Å². The number of benzene rings is 1. The second-order valence-corrected chi connectivity index (χ2v) is 5.27. The smallest absolute Gasteiger partial charge is 0.318 e. The number of aliphatic hydroxyl groups is 1. The van der Waals surface area contributed by atoms with Crippen LogP contribution < -0.4 is 10.1 Å². The van der Waals surface area contributed by atoms with Gasteiger partial charge in [0.15, 0.2) is 0 Å². The zero-order chi connectivity index (χ0) is 16.8. The minimum atomic E-state index is -0.440. The molecule has 0 bridgehead atoms. The van der Waals surface area contributed by atoms with Gasteiger partial charge in [0, 0.05) is 7.05 Å². The van der Waals surface area contributed by atoms with Crippen LogP contribution in [0.1, 0.15) is 30.3 Å². The Balaban J connectivity index is 2.05. The summed E-state index contributed by atoms with van der Waals surface area (Å²) < 4.78 is 10.4. The number of ether oxygens (including phenoxy) is 1. The van der Waals surface area contributed by atoms with Crippen LogP contribution in [0.4, 0.5) is 4.79 Å². The van der Waals surface area contributed by atoms with E-state index in [4.69, 9.17) is 9.15 Å². The molecule has 0 saturated heterocycles. The monoisotopic (exact) mass is 318 g/mol. The summed E-state index contributed by atoms with van der Waals surface area (Å²) in [6.45, 7) is 1.66. The van der Waals surface area contributed by atoms with Crippen molar-refractivity contribution in [3.8, 4) is 5.75 Å². The Kier molecular flexibility index (Phi) is 5.65. The van der Waals surface area contributed by atoms with Crippen LogP contribution >= 0.6 is 0 Å². The molecule has 23 heavy (non-hydrogen) atoms. The van der Waals surface area contributed by atoms with Gasteiger partial charge in [0.2, 0.25) is 0 Å². The predicted molar refractivity (Wildman–Crippen MR) is 86.2 cm³/mol. The molecule has 0 aliphatic heterocycles. The predicted octanol–water partition coefficient (Wildman–Crippen LogP) is 2.72. The molecule has 0 fully saturated rings. The van der Waals surface area contributed by atoms with Gasteiger partial charge in [-0.15, -0.1) is 0 Å². The van der Waals surface area contributed by atoms with E-state index in [0.717, 1.165) is 11.3 Å². The molecule has 124 valence electrons.